The summed E-state index contributed by atoms with van der Waals surface area (Å²) in [7, 11) is 0. The summed E-state index contributed by atoms with van der Waals surface area (Å²) < 4.78 is 2.07. The quantitative estimate of drug-likeness (QED) is 0.727. The van der Waals surface area contributed by atoms with Gasteiger partial charge in [0.15, 0.2) is 0 Å². The molecule has 0 fully saturated rings. The van der Waals surface area contributed by atoms with Gasteiger partial charge in [-0.2, -0.15) is 0 Å². The van der Waals surface area contributed by atoms with Gasteiger partial charge in [0.05, 0.1) is 11.0 Å². The molecule has 0 bridgehead atoms. The van der Waals surface area contributed by atoms with Crippen LogP contribution in [0, 0.1) is 6.92 Å². The number of hydrogen-bond donors (Lipinski definition) is 2. The lowest BCUT2D eigenvalue weighted by atomic mass is 10.2. The van der Waals surface area contributed by atoms with Crippen LogP contribution in [0.2, 0.25) is 0 Å². The van der Waals surface area contributed by atoms with Gasteiger partial charge >= 0.3 is 0 Å². The molecule has 3 N–H and O–H groups in total. The molecular weight excluding hydrogens is 276 g/mol. The second kappa shape index (κ2) is 5.89. The van der Waals surface area contributed by atoms with Gasteiger partial charge in [-0.3, -0.25) is 4.79 Å². The summed E-state index contributed by atoms with van der Waals surface area (Å²) in [6, 6.07) is 15.1. The van der Waals surface area contributed by atoms with Gasteiger partial charge in [-0.05, 0) is 43.3 Å². The Kier molecular flexibility index (Phi) is 3.78. The molecule has 0 radical (unpaired) electrons. The van der Waals surface area contributed by atoms with Gasteiger partial charge in [-0.1, -0.05) is 12.1 Å². The zero-order valence-corrected chi connectivity index (χ0v) is 12.4. The summed E-state index contributed by atoms with van der Waals surface area (Å²) in [5.74, 6) is 0.892. The van der Waals surface area contributed by atoms with Crippen molar-refractivity contribution in [1.29, 1.82) is 0 Å². The Hall–Kier alpha value is -2.82. The number of amides is 1. The first kappa shape index (κ1) is 14.1. The first-order chi connectivity index (χ1) is 10.6. The van der Waals surface area contributed by atoms with Gasteiger partial charge in [-0.25, -0.2) is 4.98 Å². The Balaban J connectivity index is 1.67. The summed E-state index contributed by atoms with van der Waals surface area (Å²) in [5, 5.41) is 2.87. The van der Waals surface area contributed by atoms with Crippen molar-refractivity contribution in [3.63, 3.8) is 0 Å². The fourth-order valence-corrected chi connectivity index (χ4v) is 2.48. The number of imidazole rings is 1. The Morgan fingerprint density at radius 3 is 2.68 bits per heavy atom. The van der Waals surface area contributed by atoms with E-state index in [0.29, 0.717) is 18.7 Å². The van der Waals surface area contributed by atoms with Crippen LogP contribution < -0.4 is 11.1 Å². The number of aryl methyl sites for hydroxylation is 2. The van der Waals surface area contributed by atoms with Gasteiger partial charge in [0.1, 0.15) is 5.82 Å². The highest BCUT2D eigenvalue weighted by molar-refractivity contribution is 5.91. The molecule has 0 aliphatic heterocycles. The molecule has 3 aromatic rings. The minimum atomic E-state index is -0.0260. The lowest BCUT2D eigenvalue weighted by molar-refractivity contribution is -0.116. The lowest BCUT2D eigenvalue weighted by Crippen LogP contribution is -2.15. The van der Waals surface area contributed by atoms with E-state index in [1.54, 1.807) is 24.3 Å². The van der Waals surface area contributed by atoms with E-state index in [1.807, 2.05) is 31.2 Å². The lowest BCUT2D eigenvalue weighted by Gasteiger charge is -2.08. The van der Waals surface area contributed by atoms with E-state index >= 15 is 0 Å². The molecule has 0 atom stereocenters. The van der Waals surface area contributed by atoms with Crippen molar-refractivity contribution >= 4 is 28.3 Å². The normalized spacial score (nSPS) is 10.8. The number of aromatic nitrogens is 2. The highest BCUT2D eigenvalue weighted by Gasteiger charge is 2.09. The maximum atomic E-state index is 12.1. The van der Waals surface area contributed by atoms with Gasteiger partial charge in [0.25, 0.3) is 0 Å². The molecular formula is C17H18N4O. The zero-order chi connectivity index (χ0) is 15.5. The number of fused-ring (bicyclic) bond motifs is 1. The molecule has 1 amide bonds. The van der Waals surface area contributed by atoms with Crippen molar-refractivity contribution in [1.82, 2.24) is 9.55 Å². The van der Waals surface area contributed by atoms with Crippen LogP contribution in [0.4, 0.5) is 11.4 Å². The van der Waals surface area contributed by atoms with E-state index in [2.05, 4.69) is 14.9 Å². The van der Waals surface area contributed by atoms with Crippen molar-refractivity contribution in [3.05, 3.63) is 54.4 Å². The summed E-state index contributed by atoms with van der Waals surface area (Å²) in [5.41, 5.74) is 9.08. The number of carbonyl (C=O) groups is 1. The minimum Gasteiger partial charge on any atom is -0.399 e. The summed E-state index contributed by atoms with van der Waals surface area (Å²) in [4.78, 5) is 16.6. The summed E-state index contributed by atoms with van der Waals surface area (Å²) in [6.07, 6.45) is 0.394. The van der Waals surface area contributed by atoms with Crippen molar-refractivity contribution < 1.29 is 4.79 Å². The van der Waals surface area contributed by atoms with Crippen LogP contribution >= 0.6 is 0 Å². The second-order valence-corrected chi connectivity index (χ2v) is 5.22. The third-order valence-electron chi connectivity index (χ3n) is 3.60. The SMILES string of the molecule is Cc1nc2ccccc2n1CCC(=O)Nc1ccc(N)cc1. The fourth-order valence-electron chi connectivity index (χ4n) is 2.48. The molecule has 1 heterocycles. The predicted molar refractivity (Wildman–Crippen MR) is 88.6 cm³/mol. The predicted octanol–water partition coefficient (Wildman–Crippen LogP) is 2.96. The number of rotatable bonds is 4. The number of carbonyl (C=O) groups excluding carboxylic acids is 1. The molecule has 0 unspecified atom stereocenters. The molecule has 112 valence electrons. The van der Waals surface area contributed by atoms with Gasteiger partial charge in [-0.15, -0.1) is 0 Å². The van der Waals surface area contributed by atoms with E-state index in [1.165, 1.54) is 0 Å². The fraction of sp³-hybridized carbons (Fsp3) is 0.176. The molecule has 0 aliphatic carbocycles. The molecule has 0 aliphatic rings. The number of nitrogen functional groups attached to an aromatic ring is 1. The van der Waals surface area contributed by atoms with Gasteiger partial charge in [0, 0.05) is 24.3 Å². The van der Waals surface area contributed by atoms with Crippen LogP contribution in [0.5, 0.6) is 0 Å². The Bertz CT molecular complexity index is 805. The van der Waals surface area contributed by atoms with Crippen LogP contribution in [0.15, 0.2) is 48.5 Å². The summed E-state index contributed by atoms with van der Waals surface area (Å²) >= 11 is 0. The van der Waals surface area contributed by atoms with Crippen molar-refractivity contribution in [2.75, 3.05) is 11.1 Å². The average molecular weight is 294 g/mol. The highest BCUT2D eigenvalue weighted by Crippen LogP contribution is 2.16. The first-order valence-corrected chi connectivity index (χ1v) is 7.21. The molecule has 0 spiro atoms. The monoisotopic (exact) mass is 294 g/mol. The second-order valence-electron chi connectivity index (χ2n) is 5.22. The Morgan fingerprint density at radius 1 is 1.18 bits per heavy atom. The Labute approximate surface area is 128 Å². The summed E-state index contributed by atoms with van der Waals surface area (Å²) in [6.45, 7) is 2.56. The largest absolute Gasteiger partial charge is 0.399 e. The molecule has 5 nitrogen and oxygen atoms in total. The van der Waals surface area contributed by atoms with Crippen LogP contribution in [-0.4, -0.2) is 15.5 Å². The third kappa shape index (κ3) is 2.93. The number of nitrogens with one attached hydrogen (secondary N) is 1. The topological polar surface area (TPSA) is 72.9 Å². The smallest absolute Gasteiger partial charge is 0.226 e. The molecule has 1 aromatic heterocycles. The van der Waals surface area contributed by atoms with Crippen molar-refractivity contribution in [2.45, 2.75) is 19.9 Å². The average Bonchev–Trinajstić information content (AvgIpc) is 2.83. The molecule has 22 heavy (non-hydrogen) atoms. The standard InChI is InChI=1S/C17H18N4O/c1-12-19-15-4-2-3-5-16(15)21(12)11-10-17(22)20-14-8-6-13(18)7-9-14/h2-9H,10-11,18H2,1H3,(H,20,22). The number of anilines is 2. The number of para-hydroxylation sites is 2. The number of nitrogens with zero attached hydrogens (tertiary/aromatic N) is 2. The number of nitrogens with two attached hydrogens (primary N) is 1. The number of hydrogen-bond acceptors (Lipinski definition) is 3. The van der Waals surface area contributed by atoms with E-state index in [0.717, 1.165) is 22.5 Å². The maximum absolute atomic E-state index is 12.1. The molecule has 0 saturated heterocycles. The zero-order valence-electron chi connectivity index (χ0n) is 12.4. The van der Waals surface area contributed by atoms with Crippen LogP contribution in [0.1, 0.15) is 12.2 Å². The Morgan fingerprint density at radius 2 is 1.91 bits per heavy atom. The van der Waals surface area contributed by atoms with Crippen molar-refractivity contribution in [2.24, 2.45) is 0 Å². The van der Waals surface area contributed by atoms with E-state index in [-0.39, 0.29) is 5.91 Å². The highest BCUT2D eigenvalue weighted by atomic mass is 16.1. The van der Waals surface area contributed by atoms with Crippen LogP contribution in [0.3, 0.4) is 0 Å². The molecule has 2 aromatic carbocycles. The number of benzene rings is 2. The molecule has 3 rings (SSSR count). The van der Waals surface area contributed by atoms with Crippen LogP contribution in [0.25, 0.3) is 11.0 Å². The van der Waals surface area contributed by atoms with E-state index in [4.69, 9.17) is 5.73 Å². The first-order valence-electron chi connectivity index (χ1n) is 7.21. The van der Waals surface area contributed by atoms with Gasteiger partial charge in [0.2, 0.25) is 5.91 Å². The van der Waals surface area contributed by atoms with E-state index in [9.17, 15) is 4.79 Å². The molecule has 0 saturated carbocycles. The van der Waals surface area contributed by atoms with Crippen molar-refractivity contribution in [3.8, 4) is 0 Å². The van der Waals surface area contributed by atoms with Crippen LogP contribution in [-0.2, 0) is 11.3 Å². The maximum Gasteiger partial charge on any atom is 0.226 e. The molecule has 5 heteroatoms. The van der Waals surface area contributed by atoms with E-state index < -0.39 is 0 Å². The third-order valence-corrected chi connectivity index (χ3v) is 3.60. The van der Waals surface area contributed by atoms with Gasteiger partial charge < -0.3 is 15.6 Å². The minimum absolute atomic E-state index is 0.0260.